The topological polar surface area (TPSA) is 67.3 Å². The number of hydrogen-bond donors (Lipinski definition) is 0. The van der Waals surface area contributed by atoms with Crippen molar-refractivity contribution >= 4 is 119 Å². The summed E-state index contributed by atoms with van der Waals surface area (Å²) in [6.45, 7) is 0. The molecule has 0 saturated heterocycles. The first kappa shape index (κ1) is 37.8. The van der Waals surface area contributed by atoms with Crippen LogP contribution in [0.15, 0.2) is 206 Å². The first-order chi connectivity index (χ1) is 34.2. The largest absolute Gasteiger partial charge is 0.306 e. The highest BCUT2D eigenvalue weighted by Crippen LogP contribution is 2.49. The minimum atomic E-state index is 0.386. The summed E-state index contributed by atoms with van der Waals surface area (Å²) in [5, 5.41) is 35.6. The van der Waals surface area contributed by atoms with Crippen molar-refractivity contribution in [3.05, 3.63) is 217 Å². The molecule has 0 amide bonds. The third-order valence-electron chi connectivity index (χ3n) is 14.4. The van der Waals surface area contributed by atoms with Gasteiger partial charge < -0.3 is 18.3 Å². The summed E-state index contributed by atoms with van der Waals surface area (Å²) < 4.78 is 11.5. The van der Waals surface area contributed by atoms with Gasteiger partial charge in [0, 0.05) is 63.3 Å². The Hall–Kier alpha value is -9.40. The lowest BCUT2D eigenvalue weighted by Gasteiger charge is -2.27. The number of para-hydroxylation sites is 7. The zero-order valence-corrected chi connectivity index (χ0v) is 37.5. The molecule has 0 atom stereocenters. The van der Waals surface area contributed by atoms with Crippen molar-refractivity contribution in [1.82, 2.24) is 18.3 Å². The quantitative estimate of drug-likeness (QED) is 0.177. The average molecular weight is 895 g/mol. The minimum Gasteiger partial charge on any atom is -0.306 e. The fraction of sp³-hybridized carbons (Fsp3) is 0. The molecule has 69 heavy (non-hydrogen) atoms. The number of benzene rings is 10. The molecule has 0 aliphatic carbocycles. The van der Waals surface area contributed by atoms with Gasteiger partial charge in [-0.1, -0.05) is 146 Å². The molecule has 0 unspecified atom stereocenters. The number of aromatic nitrogens is 4. The second kappa shape index (κ2) is 14.1. The van der Waals surface area contributed by atoms with Crippen LogP contribution in [0.3, 0.4) is 0 Å². The molecule has 5 aromatic heterocycles. The van der Waals surface area contributed by atoms with Crippen molar-refractivity contribution in [3.63, 3.8) is 0 Å². The van der Waals surface area contributed by atoms with Crippen molar-refractivity contribution in [2.75, 3.05) is 0 Å². The molecule has 15 rings (SSSR count). The van der Waals surface area contributed by atoms with Gasteiger partial charge in [-0.15, -0.1) is 11.3 Å². The van der Waals surface area contributed by atoms with Crippen molar-refractivity contribution in [2.45, 2.75) is 0 Å². The normalized spacial score (nSPS) is 12.0. The monoisotopic (exact) mass is 894 g/mol. The van der Waals surface area contributed by atoms with Crippen LogP contribution in [0.1, 0.15) is 11.1 Å². The number of fused-ring (bicyclic) bond motifs is 15. The molecule has 5 heterocycles. The van der Waals surface area contributed by atoms with Gasteiger partial charge in [0.1, 0.15) is 23.3 Å². The highest BCUT2D eigenvalue weighted by Gasteiger charge is 2.34. The molecule has 6 nitrogen and oxygen atoms in total. The van der Waals surface area contributed by atoms with E-state index in [-0.39, 0.29) is 0 Å². The fourth-order valence-corrected chi connectivity index (χ4v) is 12.8. The number of hydrogen-bond acceptors (Lipinski definition) is 3. The summed E-state index contributed by atoms with van der Waals surface area (Å²) in [5.74, 6) is 0. The summed E-state index contributed by atoms with van der Waals surface area (Å²) in [4.78, 5) is 0. The summed E-state index contributed by atoms with van der Waals surface area (Å²) >= 11 is 1.79. The predicted octanol–water partition coefficient (Wildman–Crippen LogP) is 16.2. The van der Waals surface area contributed by atoms with E-state index < -0.39 is 0 Å². The van der Waals surface area contributed by atoms with Crippen molar-refractivity contribution in [2.24, 2.45) is 0 Å². The van der Waals surface area contributed by atoms with Gasteiger partial charge in [-0.25, -0.2) is 0 Å². The summed E-state index contributed by atoms with van der Waals surface area (Å²) in [6, 6.07) is 78.2. The molecule has 15 aromatic rings. The second-order valence-electron chi connectivity index (χ2n) is 17.8. The van der Waals surface area contributed by atoms with E-state index in [4.69, 9.17) is 0 Å². The first-order valence-corrected chi connectivity index (χ1v) is 23.9. The van der Waals surface area contributed by atoms with Crippen LogP contribution in [-0.4, -0.2) is 18.3 Å². The second-order valence-corrected chi connectivity index (χ2v) is 18.9. The molecule has 10 aromatic carbocycles. The Bertz CT molecular complexity index is 4510. The minimum absolute atomic E-state index is 0.386. The van der Waals surface area contributed by atoms with Crippen LogP contribution < -0.4 is 0 Å². The van der Waals surface area contributed by atoms with E-state index in [9.17, 15) is 10.5 Å². The Morgan fingerprint density at radius 3 is 0.942 bits per heavy atom. The molecule has 0 N–H and O–H groups in total. The van der Waals surface area contributed by atoms with E-state index in [0.717, 1.165) is 98.3 Å². The molecule has 318 valence electrons. The third-order valence-corrected chi connectivity index (χ3v) is 15.6. The molecular weight excluding hydrogens is 861 g/mol. The fourth-order valence-electron chi connectivity index (χ4n) is 11.7. The molecular formula is C62H34N6S. The molecule has 7 heteroatoms. The van der Waals surface area contributed by atoms with Crippen LogP contribution in [-0.2, 0) is 0 Å². The predicted molar refractivity (Wildman–Crippen MR) is 286 cm³/mol. The smallest absolute Gasteiger partial charge is 0.104 e. The Morgan fingerprint density at radius 1 is 0.261 bits per heavy atom. The standard InChI is InChI=1S/C62H34N6S/c63-35-47-59(68-55-31-15-7-23-43(55)45-34-58-46(33-56(45)68)44-24-8-16-32-57(44)69-58)48(36-64)61(66-51-27-11-3-19-39(51)40-20-4-12-28-52(40)66)62(67-53-29-13-5-21-41(53)42-22-6-14-30-54(42)67)60(47)65-49-25-9-1-17-37(49)38-18-2-10-26-50(38)65/h1-34H. The molecule has 0 saturated carbocycles. The molecule has 0 spiro atoms. The number of rotatable bonds is 4. The van der Waals surface area contributed by atoms with Gasteiger partial charge in [-0.3, -0.25) is 0 Å². The number of nitrogens with zero attached hydrogens (tertiary/aromatic N) is 6. The number of thiophene rings is 1. The van der Waals surface area contributed by atoms with Crippen LogP contribution in [0.25, 0.3) is 130 Å². The lowest BCUT2D eigenvalue weighted by molar-refractivity contribution is 1.02. The van der Waals surface area contributed by atoms with Gasteiger partial charge in [0.25, 0.3) is 0 Å². The van der Waals surface area contributed by atoms with Gasteiger partial charge in [0.15, 0.2) is 0 Å². The molecule has 0 aliphatic heterocycles. The Labute approximate surface area is 397 Å². The van der Waals surface area contributed by atoms with Crippen LogP contribution in [0.5, 0.6) is 0 Å². The van der Waals surface area contributed by atoms with E-state index in [1.807, 2.05) is 0 Å². The Balaban J connectivity index is 1.28. The van der Waals surface area contributed by atoms with E-state index in [0.29, 0.717) is 28.2 Å². The Morgan fingerprint density at radius 2 is 0.565 bits per heavy atom. The van der Waals surface area contributed by atoms with Crippen molar-refractivity contribution in [1.29, 1.82) is 10.5 Å². The van der Waals surface area contributed by atoms with Gasteiger partial charge in [0.05, 0.1) is 66.9 Å². The van der Waals surface area contributed by atoms with Gasteiger partial charge in [0.2, 0.25) is 0 Å². The summed E-state index contributed by atoms with van der Waals surface area (Å²) in [7, 11) is 0. The van der Waals surface area contributed by atoms with Crippen LogP contribution in [0.4, 0.5) is 0 Å². The van der Waals surface area contributed by atoms with E-state index in [1.54, 1.807) is 11.3 Å². The van der Waals surface area contributed by atoms with Crippen LogP contribution >= 0.6 is 11.3 Å². The SMILES string of the molecule is N#Cc1c(-n2c3ccccc3c3cc4sc5ccccc5c4cc32)c(C#N)c(-n2c3ccccc3c3ccccc32)c(-n2c3ccccc3c3ccccc32)c1-n1c2ccccc2c2ccccc21. The van der Waals surface area contributed by atoms with Gasteiger partial charge in [-0.2, -0.15) is 10.5 Å². The van der Waals surface area contributed by atoms with Crippen LogP contribution in [0.2, 0.25) is 0 Å². The van der Waals surface area contributed by atoms with Crippen LogP contribution in [0, 0.1) is 22.7 Å². The maximum absolute atomic E-state index is 12.4. The Kier molecular flexibility index (Phi) is 7.70. The third kappa shape index (κ3) is 4.96. The lowest BCUT2D eigenvalue weighted by Crippen LogP contribution is -2.16. The first-order valence-electron chi connectivity index (χ1n) is 23.1. The number of nitriles is 2. The summed E-state index contributed by atoms with van der Waals surface area (Å²) in [6.07, 6.45) is 0. The van der Waals surface area contributed by atoms with Gasteiger partial charge >= 0.3 is 0 Å². The molecule has 0 bridgehead atoms. The lowest BCUT2D eigenvalue weighted by atomic mass is 9.98. The van der Waals surface area contributed by atoms with Crippen molar-refractivity contribution < 1.29 is 0 Å². The summed E-state index contributed by atoms with van der Waals surface area (Å²) in [5.41, 5.74) is 11.0. The molecule has 0 aliphatic rings. The van der Waals surface area contributed by atoms with Crippen molar-refractivity contribution in [3.8, 4) is 34.9 Å². The molecule has 0 fully saturated rings. The maximum atomic E-state index is 12.4. The van der Waals surface area contributed by atoms with E-state index in [1.165, 1.54) is 14.8 Å². The molecule has 0 radical (unpaired) electrons. The highest BCUT2D eigenvalue weighted by atomic mass is 32.1. The highest BCUT2D eigenvalue weighted by molar-refractivity contribution is 7.25. The average Bonchev–Trinajstić information content (AvgIpc) is 4.20. The zero-order chi connectivity index (χ0) is 45.5. The zero-order valence-electron chi connectivity index (χ0n) is 36.7. The van der Waals surface area contributed by atoms with E-state index >= 15 is 0 Å². The van der Waals surface area contributed by atoms with Gasteiger partial charge in [-0.05, 0) is 60.7 Å². The maximum Gasteiger partial charge on any atom is 0.104 e. The van der Waals surface area contributed by atoms with E-state index in [2.05, 4.69) is 237 Å².